The molecule has 0 radical (unpaired) electrons. The van der Waals surface area contributed by atoms with Crippen molar-refractivity contribution in [2.75, 3.05) is 0 Å². The third-order valence-corrected chi connectivity index (χ3v) is 2.45. The van der Waals surface area contributed by atoms with Crippen LogP contribution in [0.25, 0.3) is 0 Å². The molecule has 0 aliphatic heterocycles. The van der Waals surface area contributed by atoms with Crippen molar-refractivity contribution in [2.24, 2.45) is 0 Å². The second kappa shape index (κ2) is 4.87. The molecule has 0 saturated heterocycles. The van der Waals surface area contributed by atoms with Crippen molar-refractivity contribution in [2.45, 2.75) is 18.9 Å². The fourth-order valence-electron chi connectivity index (χ4n) is 1.01. The first kappa shape index (κ1) is 11.6. The molecular weight excluding hydrogens is 235 g/mol. The molecule has 6 heteroatoms. The number of hydrogen-bond acceptors (Lipinski definition) is 2. The Bertz CT molecular complexity index is 333. The molecule has 1 aromatic rings. The van der Waals surface area contributed by atoms with Gasteiger partial charge >= 0.3 is 0 Å². The quantitative estimate of drug-likeness (QED) is 0.826. The average molecular weight is 242 g/mol. The van der Waals surface area contributed by atoms with Gasteiger partial charge in [0.2, 0.25) is 0 Å². The van der Waals surface area contributed by atoms with Crippen molar-refractivity contribution < 1.29 is 13.9 Å². The fraction of sp³-hybridized carbons (Fsp3) is 0.375. The highest BCUT2D eigenvalue weighted by molar-refractivity contribution is 6.32. The van der Waals surface area contributed by atoms with Crippen LogP contribution < -0.4 is 0 Å². The lowest BCUT2D eigenvalue weighted by atomic mass is 10.1. The lowest BCUT2D eigenvalue weighted by molar-refractivity contribution is 0.150. The topological polar surface area (TPSA) is 33.1 Å². The van der Waals surface area contributed by atoms with Crippen LogP contribution in [0.5, 0.6) is 0 Å². The molecule has 0 saturated carbocycles. The number of aromatic nitrogens is 1. The fourth-order valence-corrected chi connectivity index (χ4v) is 1.54. The molecule has 0 unspecified atom stereocenters. The molecule has 0 bridgehead atoms. The van der Waals surface area contributed by atoms with Crippen molar-refractivity contribution in [3.8, 4) is 0 Å². The average Bonchev–Trinajstić information content (AvgIpc) is 2.16. The van der Waals surface area contributed by atoms with Crippen LogP contribution in [-0.2, 0) is 12.5 Å². The van der Waals surface area contributed by atoms with Gasteiger partial charge in [-0.1, -0.05) is 11.6 Å². The molecule has 1 N–H and O–H groups in total. The number of nitrogens with zero attached hydrogens (tertiary/aromatic N) is 1. The molecule has 0 aliphatic carbocycles. The molecule has 0 aliphatic rings. The Balaban J connectivity index is 3.27. The molecule has 0 atom stereocenters. The number of alkyl halides is 3. The SMILES string of the molecule is OCc1c(CCl)ncc(C(F)F)c1Cl. The lowest BCUT2D eigenvalue weighted by Crippen LogP contribution is -2.01. The van der Waals surface area contributed by atoms with E-state index in [-0.39, 0.29) is 22.0 Å². The van der Waals surface area contributed by atoms with E-state index in [2.05, 4.69) is 4.98 Å². The Hall–Kier alpha value is -0.450. The normalized spacial score (nSPS) is 11.0. The first-order chi connectivity index (χ1) is 6.61. The van der Waals surface area contributed by atoms with Gasteiger partial charge in [0, 0.05) is 11.8 Å². The maximum atomic E-state index is 12.3. The number of hydrogen-bond donors (Lipinski definition) is 1. The zero-order valence-electron chi connectivity index (χ0n) is 6.98. The van der Waals surface area contributed by atoms with E-state index in [1.807, 2.05) is 0 Å². The number of rotatable bonds is 3. The summed E-state index contributed by atoms with van der Waals surface area (Å²) in [5.41, 5.74) is 0.104. The third-order valence-electron chi connectivity index (χ3n) is 1.75. The van der Waals surface area contributed by atoms with Crippen molar-refractivity contribution >= 4 is 23.2 Å². The summed E-state index contributed by atoms with van der Waals surface area (Å²) < 4.78 is 24.7. The largest absolute Gasteiger partial charge is 0.392 e. The summed E-state index contributed by atoms with van der Waals surface area (Å²) in [7, 11) is 0. The van der Waals surface area contributed by atoms with Gasteiger partial charge in [0.25, 0.3) is 6.43 Å². The number of pyridine rings is 1. The summed E-state index contributed by atoms with van der Waals surface area (Å²) in [6.45, 7) is -0.450. The molecular formula is C8H7Cl2F2NO. The molecule has 0 amide bonds. The lowest BCUT2D eigenvalue weighted by Gasteiger charge is -2.09. The van der Waals surface area contributed by atoms with Crippen LogP contribution in [0.3, 0.4) is 0 Å². The minimum atomic E-state index is -2.70. The third kappa shape index (κ3) is 2.13. The van der Waals surface area contributed by atoms with Crippen LogP contribution in [0.2, 0.25) is 5.02 Å². The number of halogens is 4. The molecule has 0 fully saturated rings. The zero-order valence-corrected chi connectivity index (χ0v) is 8.49. The van der Waals surface area contributed by atoms with Crippen LogP contribution >= 0.6 is 23.2 Å². The van der Waals surface area contributed by atoms with Crippen LogP contribution in [0, 0.1) is 0 Å². The zero-order chi connectivity index (χ0) is 10.7. The van der Waals surface area contributed by atoms with Crippen molar-refractivity contribution in [3.63, 3.8) is 0 Å². The predicted molar refractivity (Wildman–Crippen MR) is 49.7 cm³/mol. The predicted octanol–water partition coefficient (Wildman–Crippen LogP) is 2.90. The van der Waals surface area contributed by atoms with Gasteiger partial charge in [-0.15, -0.1) is 11.6 Å². The van der Waals surface area contributed by atoms with E-state index in [9.17, 15) is 8.78 Å². The van der Waals surface area contributed by atoms with E-state index < -0.39 is 13.0 Å². The molecule has 2 nitrogen and oxygen atoms in total. The molecule has 1 heterocycles. The highest BCUT2D eigenvalue weighted by Gasteiger charge is 2.17. The van der Waals surface area contributed by atoms with Gasteiger partial charge in [-0.25, -0.2) is 8.78 Å². The van der Waals surface area contributed by atoms with Crippen LogP contribution in [0.15, 0.2) is 6.20 Å². The van der Waals surface area contributed by atoms with Crippen LogP contribution in [0.4, 0.5) is 8.78 Å². The van der Waals surface area contributed by atoms with E-state index in [0.29, 0.717) is 5.69 Å². The standard InChI is InChI=1S/C8H7Cl2F2NO/c9-1-6-5(3-14)7(10)4(2-13-6)8(11)12/h2,8,14H,1,3H2. The Morgan fingerprint density at radius 2 is 2.14 bits per heavy atom. The second-order valence-electron chi connectivity index (χ2n) is 2.55. The van der Waals surface area contributed by atoms with Gasteiger partial charge in [-0.3, -0.25) is 4.98 Å². The van der Waals surface area contributed by atoms with E-state index >= 15 is 0 Å². The molecule has 0 aromatic carbocycles. The molecule has 14 heavy (non-hydrogen) atoms. The van der Waals surface area contributed by atoms with E-state index in [0.717, 1.165) is 6.20 Å². The monoisotopic (exact) mass is 241 g/mol. The Kier molecular flexibility index (Phi) is 4.04. The number of aliphatic hydroxyl groups excluding tert-OH is 1. The summed E-state index contributed by atoms with van der Waals surface area (Å²) in [6, 6.07) is 0. The van der Waals surface area contributed by atoms with Gasteiger partial charge in [0.15, 0.2) is 0 Å². The molecule has 78 valence electrons. The summed E-state index contributed by atoms with van der Waals surface area (Å²) in [4.78, 5) is 3.69. The second-order valence-corrected chi connectivity index (χ2v) is 3.19. The van der Waals surface area contributed by atoms with Crippen molar-refractivity contribution in [1.29, 1.82) is 0 Å². The van der Waals surface area contributed by atoms with Crippen LogP contribution in [-0.4, -0.2) is 10.1 Å². The first-order valence-corrected chi connectivity index (χ1v) is 4.64. The molecule has 0 spiro atoms. The van der Waals surface area contributed by atoms with Gasteiger partial charge in [0.1, 0.15) is 0 Å². The molecule has 1 aromatic heterocycles. The number of aliphatic hydroxyl groups is 1. The maximum absolute atomic E-state index is 12.3. The minimum absolute atomic E-state index is 0.0269. The highest BCUT2D eigenvalue weighted by Crippen LogP contribution is 2.30. The van der Waals surface area contributed by atoms with Crippen molar-refractivity contribution in [3.05, 3.63) is 28.0 Å². The summed E-state index contributed by atoms with van der Waals surface area (Å²) in [5, 5.41) is 8.75. The smallest absolute Gasteiger partial charge is 0.266 e. The van der Waals surface area contributed by atoms with Gasteiger partial charge in [-0.2, -0.15) is 0 Å². The Morgan fingerprint density at radius 1 is 1.50 bits per heavy atom. The van der Waals surface area contributed by atoms with E-state index in [1.54, 1.807) is 0 Å². The summed E-state index contributed by atoms with van der Waals surface area (Å²) in [6.07, 6.45) is -1.73. The summed E-state index contributed by atoms with van der Waals surface area (Å²) >= 11 is 11.1. The highest BCUT2D eigenvalue weighted by atomic mass is 35.5. The summed E-state index contributed by atoms with van der Waals surface area (Å²) in [5.74, 6) is 0.0269. The van der Waals surface area contributed by atoms with Gasteiger partial charge in [0.05, 0.1) is 28.8 Å². The van der Waals surface area contributed by atoms with Crippen molar-refractivity contribution in [1.82, 2.24) is 4.98 Å². The van der Waals surface area contributed by atoms with Gasteiger partial charge in [-0.05, 0) is 0 Å². The van der Waals surface area contributed by atoms with E-state index in [1.165, 1.54) is 0 Å². The van der Waals surface area contributed by atoms with Gasteiger partial charge < -0.3 is 5.11 Å². The maximum Gasteiger partial charge on any atom is 0.266 e. The minimum Gasteiger partial charge on any atom is -0.392 e. The first-order valence-electron chi connectivity index (χ1n) is 3.73. The van der Waals surface area contributed by atoms with Crippen LogP contribution in [0.1, 0.15) is 23.2 Å². The molecule has 1 rings (SSSR count). The Morgan fingerprint density at radius 3 is 2.57 bits per heavy atom. The Labute approximate surface area is 89.5 Å². The van der Waals surface area contributed by atoms with E-state index in [4.69, 9.17) is 28.3 Å².